The number of halogens is 1. The van der Waals surface area contributed by atoms with Crippen LogP contribution >= 0.6 is 0 Å². The average molecular weight is 287 g/mol. The second-order valence-corrected chi connectivity index (χ2v) is 5.21. The first-order valence-corrected chi connectivity index (χ1v) is 7.09. The Morgan fingerprint density at radius 1 is 1.24 bits per heavy atom. The molecule has 2 atom stereocenters. The van der Waals surface area contributed by atoms with Crippen molar-refractivity contribution in [2.24, 2.45) is 0 Å². The first-order valence-electron chi connectivity index (χ1n) is 7.09. The molecule has 0 amide bonds. The van der Waals surface area contributed by atoms with E-state index >= 15 is 0 Å². The van der Waals surface area contributed by atoms with E-state index in [1.807, 2.05) is 18.2 Å². The molecule has 0 N–H and O–H groups in total. The van der Waals surface area contributed by atoms with Crippen LogP contribution in [0.4, 0.5) is 10.3 Å². The summed E-state index contributed by atoms with van der Waals surface area (Å²) in [5, 5.41) is 0. The summed E-state index contributed by atoms with van der Waals surface area (Å²) < 4.78 is 18.6. The third-order valence-electron chi connectivity index (χ3n) is 3.94. The van der Waals surface area contributed by atoms with Gasteiger partial charge in [-0.2, -0.15) is 0 Å². The molecular formula is C16H18FN3O. The molecule has 2 heterocycles. The Morgan fingerprint density at radius 3 is 2.62 bits per heavy atom. The number of anilines is 1. The number of benzene rings is 1. The second kappa shape index (κ2) is 6.18. The van der Waals surface area contributed by atoms with Gasteiger partial charge >= 0.3 is 0 Å². The van der Waals surface area contributed by atoms with Gasteiger partial charge in [-0.3, -0.25) is 0 Å². The molecule has 2 aromatic rings. The molecule has 5 heteroatoms. The quantitative estimate of drug-likeness (QED) is 0.866. The third-order valence-corrected chi connectivity index (χ3v) is 3.94. The summed E-state index contributed by atoms with van der Waals surface area (Å²) >= 11 is 0. The molecule has 21 heavy (non-hydrogen) atoms. The van der Waals surface area contributed by atoms with Gasteiger partial charge in [-0.15, -0.1) is 0 Å². The first kappa shape index (κ1) is 13.9. The van der Waals surface area contributed by atoms with Crippen LogP contribution in [0.15, 0.2) is 42.7 Å². The predicted octanol–water partition coefficient (Wildman–Crippen LogP) is 2.45. The number of rotatable bonds is 4. The highest BCUT2D eigenvalue weighted by Gasteiger charge is 2.35. The van der Waals surface area contributed by atoms with E-state index in [0.717, 1.165) is 19.4 Å². The van der Waals surface area contributed by atoms with E-state index in [2.05, 4.69) is 27.0 Å². The minimum atomic E-state index is -0.416. The highest BCUT2D eigenvalue weighted by Crippen LogP contribution is 2.27. The Labute approximate surface area is 123 Å². The molecule has 0 spiro atoms. The van der Waals surface area contributed by atoms with Crippen molar-refractivity contribution in [3.8, 4) is 0 Å². The largest absolute Gasteiger partial charge is 0.379 e. The number of hydrogen-bond donors (Lipinski definition) is 0. The van der Waals surface area contributed by atoms with Crippen molar-refractivity contribution in [1.82, 2.24) is 9.97 Å². The molecule has 1 aromatic carbocycles. The Bertz CT molecular complexity index is 576. The molecule has 3 rings (SSSR count). The van der Waals surface area contributed by atoms with Gasteiger partial charge in [0, 0.05) is 13.7 Å². The lowest BCUT2D eigenvalue weighted by Crippen LogP contribution is -2.38. The van der Waals surface area contributed by atoms with Gasteiger partial charge in [-0.25, -0.2) is 14.4 Å². The highest BCUT2D eigenvalue weighted by molar-refractivity contribution is 5.35. The zero-order valence-corrected chi connectivity index (χ0v) is 11.9. The van der Waals surface area contributed by atoms with Gasteiger partial charge in [0.25, 0.3) is 0 Å². The van der Waals surface area contributed by atoms with Crippen molar-refractivity contribution in [3.63, 3.8) is 0 Å². The Hall–Kier alpha value is -2.01. The lowest BCUT2D eigenvalue weighted by molar-refractivity contribution is 0.0952. The smallest absolute Gasteiger partial charge is 0.225 e. The fraction of sp³-hybridized carbons (Fsp3) is 0.375. The van der Waals surface area contributed by atoms with Crippen molar-refractivity contribution < 1.29 is 9.13 Å². The van der Waals surface area contributed by atoms with Crippen molar-refractivity contribution >= 4 is 5.95 Å². The summed E-state index contributed by atoms with van der Waals surface area (Å²) in [7, 11) is 1.73. The second-order valence-electron chi connectivity index (χ2n) is 5.21. The Morgan fingerprint density at radius 2 is 1.95 bits per heavy atom. The topological polar surface area (TPSA) is 38.2 Å². The minimum absolute atomic E-state index is 0.138. The molecule has 0 unspecified atom stereocenters. The third kappa shape index (κ3) is 3.03. The number of hydrogen-bond acceptors (Lipinski definition) is 4. The highest BCUT2D eigenvalue weighted by atomic mass is 19.1. The summed E-state index contributed by atoms with van der Waals surface area (Å²) in [6, 6.07) is 10.5. The van der Waals surface area contributed by atoms with Crippen LogP contribution in [0.25, 0.3) is 0 Å². The van der Waals surface area contributed by atoms with Crippen LogP contribution in [0.2, 0.25) is 0 Å². The SMILES string of the molecule is CO[C@@H]1CCN(c2ncc(F)cn2)[C@H]1Cc1ccccc1. The van der Waals surface area contributed by atoms with Crippen LogP contribution in [0, 0.1) is 5.82 Å². The number of ether oxygens (including phenoxy) is 1. The van der Waals surface area contributed by atoms with Gasteiger partial charge < -0.3 is 9.64 Å². The van der Waals surface area contributed by atoms with Crippen molar-refractivity contribution in [1.29, 1.82) is 0 Å². The standard InChI is InChI=1S/C16H18FN3O/c1-21-15-7-8-20(16-18-10-13(17)11-19-16)14(15)9-12-5-3-2-4-6-12/h2-6,10-11,14-15H,7-9H2,1H3/t14-,15+/m0/s1. The van der Waals surface area contributed by atoms with Crippen LogP contribution in [0.1, 0.15) is 12.0 Å². The van der Waals surface area contributed by atoms with E-state index in [1.165, 1.54) is 18.0 Å². The fourth-order valence-corrected chi connectivity index (χ4v) is 2.90. The maximum absolute atomic E-state index is 13.0. The maximum atomic E-state index is 13.0. The molecule has 4 nitrogen and oxygen atoms in total. The van der Waals surface area contributed by atoms with Gasteiger partial charge in [0.2, 0.25) is 5.95 Å². The molecular weight excluding hydrogens is 269 g/mol. The van der Waals surface area contributed by atoms with Crippen molar-refractivity contribution in [2.75, 3.05) is 18.6 Å². The van der Waals surface area contributed by atoms with Gasteiger partial charge in [0.15, 0.2) is 5.82 Å². The molecule has 110 valence electrons. The van der Waals surface area contributed by atoms with E-state index < -0.39 is 5.82 Å². The van der Waals surface area contributed by atoms with Gasteiger partial charge in [0.05, 0.1) is 24.5 Å². The Kier molecular flexibility index (Phi) is 4.10. The predicted molar refractivity (Wildman–Crippen MR) is 78.7 cm³/mol. The molecule has 0 bridgehead atoms. The lowest BCUT2D eigenvalue weighted by atomic mass is 10.0. The summed E-state index contributed by atoms with van der Waals surface area (Å²) in [5.74, 6) is 0.151. The molecule has 0 radical (unpaired) electrons. The number of aromatic nitrogens is 2. The van der Waals surface area contributed by atoms with Gasteiger partial charge in [-0.05, 0) is 18.4 Å². The number of nitrogens with zero attached hydrogens (tertiary/aromatic N) is 3. The van der Waals surface area contributed by atoms with E-state index in [0.29, 0.717) is 5.95 Å². The Balaban J connectivity index is 1.83. The van der Waals surface area contributed by atoms with Crippen molar-refractivity contribution in [2.45, 2.75) is 25.0 Å². The van der Waals surface area contributed by atoms with Gasteiger partial charge in [0.1, 0.15) is 0 Å². The number of methoxy groups -OCH3 is 1. The normalized spacial score (nSPS) is 21.7. The van der Waals surface area contributed by atoms with Gasteiger partial charge in [-0.1, -0.05) is 30.3 Å². The molecule has 1 saturated heterocycles. The summed E-state index contributed by atoms with van der Waals surface area (Å²) in [6.45, 7) is 0.821. The first-order chi connectivity index (χ1) is 10.3. The summed E-state index contributed by atoms with van der Waals surface area (Å²) in [5.41, 5.74) is 1.25. The molecule has 1 aliphatic heterocycles. The van der Waals surface area contributed by atoms with E-state index in [1.54, 1.807) is 7.11 Å². The van der Waals surface area contributed by atoms with Crippen LogP contribution in [0.5, 0.6) is 0 Å². The summed E-state index contributed by atoms with van der Waals surface area (Å²) in [4.78, 5) is 10.3. The zero-order valence-electron chi connectivity index (χ0n) is 11.9. The molecule has 1 aliphatic rings. The average Bonchev–Trinajstić information content (AvgIpc) is 2.92. The van der Waals surface area contributed by atoms with Crippen LogP contribution in [-0.2, 0) is 11.2 Å². The molecule has 0 saturated carbocycles. The monoisotopic (exact) mass is 287 g/mol. The zero-order chi connectivity index (χ0) is 14.7. The minimum Gasteiger partial charge on any atom is -0.379 e. The van der Waals surface area contributed by atoms with Crippen LogP contribution < -0.4 is 4.90 Å². The lowest BCUT2D eigenvalue weighted by Gasteiger charge is -2.27. The van der Waals surface area contributed by atoms with Crippen molar-refractivity contribution in [3.05, 3.63) is 54.1 Å². The van der Waals surface area contributed by atoms with E-state index in [9.17, 15) is 4.39 Å². The summed E-state index contributed by atoms with van der Waals surface area (Å²) in [6.07, 6.45) is 4.35. The van der Waals surface area contributed by atoms with E-state index in [4.69, 9.17) is 4.74 Å². The van der Waals surface area contributed by atoms with Crippen LogP contribution in [-0.4, -0.2) is 35.8 Å². The molecule has 1 aromatic heterocycles. The van der Waals surface area contributed by atoms with Crippen LogP contribution in [0.3, 0.4) is 0 Å². The molecule has 1 fully saturated rings. The molecule has 0 aliphatic carbocycles. The van der Waals surface area contributed by atoms with E-state index in [-0.39, 0.29) is 12.1 Å². The maximum Gasteiger partial charge on any atom is 0.225 e. The fourth-order valence-electron chi connectivity index (χ4n) is 2.90.